The molecule has 3 aromatic heterocycles. The van der Waals surface area contributed by atoms with E-state index in [0.717, 1.165) is 42.5 Å². The van der Waals surface area contributed by atoms with E-state index < -0.39 is 6.61 Å². The third-order valence-electron chi connectivity index (χ3n) is 7.72. The lowest BCUT2D eigenvalue weighted by atomic mass is 9.91. The van der Waals surface area contributed by atoms with E-state index in [1.807, 2.05) is 4.57 Å². The van der Waals surface area contributed by atoms with Crippen molar-refractivity contribution in [2.45, 2.75) is 58.1 Å². The van der Waals surface area contributed by atoms with Gasteiger partial charge in [0, 0.05) is 36.5 Å². The number of nitrogens with one attached hydrogen (secondary N) is 3. The number of thiophene rings is 1. The number of anilines is 3. The van der Waals surface area contributed by atoms with Crippen LogP contribution in [0, 0.1) is 17.8 Å². The van der Waals surface area contributed by atoms with Crippen LogP contribution in [0.2, 0.25) is 0 Å². The Bertz CT molecular complexity index is 1400. The molecule has 11 nitrogen and oxygen atoms in total. The number of halogens is 2. The van der Waals surface area contributed by atoms with Crippen molar-refractivity contribution < 1.29 is 23.1 Å². The maximum absolute atomic E-state index is 13.4. The number of ether oxygens (including phenoxy) is 1. The minimum Gasteiger partial charge on any atom is -0.415 e. The van der Waals surface area contributed by atoms with Crippen molar-refractivity contribution in [1.82, 2.24) is 29.9 Å². The van der Waals surface area contributed by atoms with Crippen LogP contribution < -0.4 is 20.7 Å². The topological polar surface area (TPSA) is 128 Å². The molecule has 208 valence electrons. The van der Waals surface area contributed by atoms with Gasteiger partial charge in [0.15, 0.2) is 0 Å². The summed E-state index contributed by atoms with van der Waals surface area (Å²) < 4.78 is 32.9. The number of carbonyl (C=O) groups excluding carboxylic acids is 2. The quantitative estimate of drug-likeness (QED) is 0.343. The Morgan fingerprint density at radius 2 is 2.08 bits per heavy atom. The highest BCUT2D eigenvalue weighted by molar-refractivity contribution is 7.17. The average Bonchev–Trinajstić information content (AvgIpc) is 3.74. The van der Waals surface area contributed by atoms with Gasteiger partial charge in [0.25, 0.3) is 5.91 Å². The largest absolute Gasteiger partial charge is 0.415 e. The van der Waals surface area contributed by atoms with Crippen molar-refractivity contribution in [2.24, 2.45) is 24.8 Å². The number of nitrogens with zero attached hydrogens (tertiary/aromatic N) is 5. The highest BCUT2D eigenvalue weighted by Gasteiger charge is 2.36. The van der Waals surface area contributed by atoms with Gasteiger partial charge in [-0.3, -0.25) is 14.2 Å². The van der Waals surface area contributed by atoms with Crippen molar-refractivity contribution in [3.05, 3.63) is 28.4 Å². The third-order valence-corrected chi connectivity index (χ3v) is 8.93. The monoisotopic (exact) mass is 560 g/mol. The molecule has 3 aliphatic carbocycles. The molecule has 3 aromatic rings. The van der Waals surface area contributed by atoms with E-state index in [9.17, 15) is 18.4 Å². The lowest BCUT2D eigenvalue weighted by Gasteiger charge is -2.25. The van der Waals surface area contributed by atoms with Crippen molar-refractivity contribution >= 4 is 39.9 Å². The summed E-state index contributed by atoms with van der Waals surface area (Å²) in [6, 6.07) is 1.30. The molecule has 3 aliphatic rings. The standard InChI is InChI=1S/C25H30F2N8O3S/c1-12-7-14(12)10-28-22(37)20-16-8-15(5-6-17(16)39-23(20)31-21(36)13-3-4-13)35-11-29-32-25(35)30-18-9-19(33-34(18)2)38-24(26)27/h9,11-15,24H,3-8,10H2,1-2H3,(H,28,37)(H,30,32)(H,31,36)/t12?,14?,15-/m0/s1. The fourth-order valence-corrected chi connectivity index (χ4v) is 6.35. The minimum atomic E-state index is -2.98. The van der Waals surface area contributed by atoms with Crippen LogP contribution in [0.4, 0.5) is 25.5 Å². The summed E-state index contributed by atoms with van der Waals surface area (Å²) in [5, 5.41) is 22.0. The lowest BCUT2D eigenvalue weighted by Crippen LogP contribution is -2.29. The molecule has 0 saturated heterocycles. The summed E-state index contributed by atoms with van der Waals surface area (Å²) in [4.78, 5) is 27.2. The summed E-state index contributed by atoms with van der Waals surface area (Å²) in [6.45, 7) is -0.166. The molecule has 3 N–H and O–H groups in total. The number of carbonyl (C=O) groups is 2. The second-order valence-corrected chi connectivity index (χ2v) is 11.7. The summed E-state index contributed by atoms with van der Waals surface area (Å²) in [7, 11) is 1.60. The van der Waals surface area contributed by atoms with E-state index in [1.165, 1.54) is 22.1 Å². The predicted octanol–water partition coefficient (Wildman–Crippen LogP) is 3.88. The average molecular weight is 561 g/mol. The van der Waals surface area contributed by atoms with Gasteiger partial charge in [-0.1, -0.05) is 6.92 Å². The van der Waals surface area contributed by atoms with E-state index >= 15 is 0 Å². The van der Waals surface area contributed by atoms with Gasteiger partial charge in [-0.05, 0) is 55.9 Å². The first-order valence-corrected chi connectivity index (χ1v) is 14.0. The fourth-order valence-electron chi connectivity index (χ4n) is 5.11. The van der Waals surface area contributed by atoms with Crippen molar-refractivity contribution in [2.75, 3.05) is 17.2 Å². The first-order valence-electron chi connectivity index (χ1n) is 13.2. The molecule has 2 fully saturated rings. The first-order chi connectivity index (χ1) is 18.8. The number of hydrogen-bond acceptors (Lipinski definition) is 8. The van der Waals surface area contributed by atoms with Crippen LogP contribution >= 0.6 is 11.3 Å². The number of rotatable bonds is 10. The molecule has 0 spiro atoms. The molecule has 39 heavy (non-hydrogen) atoms. The van der Waals surface area contributed by atoms with Crippen LogP contribution in [0.15, 0.2) is 12.4 Å². The highest BCUT2D eigenvalue weighted by Crippen LogP contribution is 2.43. The summed E-state index contributed by atoms with van der Waals surface area (Å²) in [5.74, 6) is 1.60. The molecule has 2 amide bonds. The Balaban J connectivity index is 1.24. The zero-order chi connectivity index (χ0) is 27.3. The maximum atomic E-state index is 13.4. The highest BCUT2D eigenvalue weighted by atomic mass is 32.1. The Morgan fingerprint density at radius 3 is 2.79 bits per heavy atom. The van der Waals surface area contributed by atoms with Gasteiger partial charge < -0.3 is 20.7 Å². The Hall–Kier alpha value is -3.55. The Kier molecular flexibility index (Phi) is 6.73. The molecule has 6 rings (SSSR count). The second kappa shape index (κ2) is 10.2. The molecule has 14 heteroatoms. The van der Waals surface area contributed by atoms with Crippen molar-refractivity contribution in [1.29, 1.82) is 0 Å². The summed E-state index contributed by atoms with van der Waals surface area (Å²) in [5.41, 5.74) is 1.50. The molecule has 0 bridgehead atoms. The SMILES string of the molecule is CC1CC1CNC(=O)c1c(NC(=O)C2CC2)sc2c1C[C@@H](n1cnnc1Nc1cc(OC(F)F)nn1C)CC2. The first kappa shape index (κ1) is 25.7. The number of fused-ring (bicyclic) bond motifs is 1. The van der Waals surface area contributed by atoms with Gasteiger partial charge in [0.1, 0.15) is 17.1 Å². The van der Waals surface area contributed by atoms with Crippen molar-refractivity contribution in [3.8, 4) is 5.88 Å². The van der Waals surface area contributed by atoms with Gasteiger partial charge in [-0.2, -0.15) is 8.78 Å². The van der Waals surface area contributed by atoms with E-state index in [0.29, 0.717) is 47.1 Å². The fraction of sp³-hybridized carbons (Fsp3) is 0.560. The molecule has 3 heterocycles. The van der Waals surface area contributed by atoms with Gasteiger partial charge >= 0.3 is 6.61 Å². The molecular weight excluding hydrogens is 530 g/mol. The minimum absolute atomic E-state index is 0.0216. The smallest absolute Gasteiger partial charge is 0.388 e. The number of aryl methyl sites for hydroxylation is 2. The normalized spacial score (nSPS) is 21.9. The van der Waals surface area contributed by atoms with Crippen LogP contribution in [0.1, 0.15) is 59.4 Å². The molecule has 2 saturated carbocycles. The molecule has 0 radical (unpaired) electrons. The summed E-state index contributed by atoms with van der Waals surface area (Å²) in [6.07, 6.45) is 6.57. The van der Waals surface area contributed by atoms with Crippen LogP contribution in [-0.4, -0.2) is 49.5 Å². The number of amides is 2. The van der Waals surface area contributed by atoms with Gasteiger partial charge in [0.05, 0.1) is 5.56 Å². The Labute approximate surface area is 227 Å². The van der Waals surface area contributed by atoms with Crippen molar-refractivity contribution in [3.63, 3.8) is 0 Å². The second-order valence-electron chi connectivity index (χ2n) is 10.6. The van der Waals surface area contributed by atoms with Gasteiger partial charge in [-0.25, -0.2) is 4.68 Å². The number of alkyl halides is 2. The molecule has 0 aromatic carbocycles. The lowest BCUT2D eigenvalue weighted by molar-refractivity contribution is -0.117. The van der Waals surface area contributed by atoms with E-state index in [-0.39, 0.29) is 29.7 Å². The predicted molar refractivity (Wildman–Crippen MR) is 139 cm³/mol. The van der Waals surface area contributed by atoms with Crippen LogP contribution in [-0.2, 0) is 24.7 Å². The zero-order valence-corrected chi connectivity index (χ0v) is 22.4. The van der Waals surface area contributed by atoms with Gasteiger partial charge in [-0.15, -0.1) is 26.6 Å². The zero-order valence-electron chi connectivity index (χ0n) is 21.6. The van der Waals surface area contributed by atoms with Crippen LogP contribution in [0.5, 0.6) is 5.88 Å². The van der Waals surface area contributed by atoms with Crippen LogP contribution in [0.3, 0.4) is 0 Å². The Morgan fingerprint density at radius 1 is 1.28 bits per heavy atom. The third kappa shape index (κ3) is 5.47. The summed E-state index contributed by atoms with van der Waals surface area (Å²) >= 11 is 1.49. The van der Waals surface area contributed by atoms with E-state index in [1.54, 1.807) is 13.4 Å². The van der Waals surface area contributed by atoms with E-state index in [4.69, 9.17) is 0 Å². The number of hydrogen-bond donors (Lipinski definition) is 3. The molecule has 3 atom stereocenters. The van der Waals surface area contributed by atoms with E-state index in [2.05, 4.69) is 42.9 Å². The number of aromatic nitrogens is 5. The van der Waals surface area contributed by atoms with Gasteiger partial charge in [0.2, 0.25) is 17.7 Å². The molecule has 2 unspecified atom stereocenters. The van der Waals surface area contributed by atoms with Crippen LogP contribution in [0.25, 0.3) is 0 Å². The molecule has 0 aliphatic heterocycles. The molecular formula is C25H30F2N8O3S. The maximum Gasteiger partial charge on any atom is 0.388 e.